The van der Waals surface area contributed by atoms with E-state index < -0.39 is 0 Å². The van der Waals surface area contributed by atoms with E-state index >= 15 is 0 Å². The zero-order valence-corrected chi connectivity index (χ0v) is 12.3. The number of nitrogens with one attached hydrogen (secondary N) is 1. The minimum Gasteiger partial charge on any atom is -0.507 e. The molecule has 1 aliphatic rings. The van der Waals surface area contributed by atoms with Crippen LogP contribution < -0.4 is 5.32 Å². The van der Waals surface area contributed by atoms with E-state index in [4.69, 9.17) is 0 Å². The van der Waals surface area contributed by atoms with E-state index in [2.05, 4.69) is 12.2 Å². The maximum atomic E-state index is 10.00. The zero-order chi connectivity index (χ0) is 13.7. The highest BCUT2D eigenvalue weighted by Gasteiger charge is 2.20. The topological polar surface area (TPSA) is 32.3 Å². The molecule has 0 heterocycles. The number of phenols is 1. The van der Waals surface area contributed by atoms with Gasteiger partial charge < -0.3 is 10.4 Å². The Morgan fingerprint density at radius 3 is 2.63 bits per heavy atom. The van der Waals surface area contributed by atoms with E-state index in [9.17, 15) is 5.11 Å². The van der Waals surface area contributed by atoms with Crippen LogP contribution in [-0.2, 0) is 6.54 Å². The number of benzene rings is 1. The Morgan fingerprint density at radius 2 is 1.95 bits per heavy atom. The molecule has 0 bridgehead atoms. The Balaban J connectivity index is 1.79. The molecular weight excluding hydrogens is 234 g/mol. The summed E-state index contributed by atoms with van der Waals surface area (Å²) in [5.41, 5.74) is 1.99. The van der Waals surface area contributed by atoms with Gasteiger partial charge in [0.2, 0.25) is 0 Å². The van der Waals surface area contributed by atoms with Crippen LogP contribution in [0.5, 0.6) is 5.75 Å². The summed E-state index contributed by atoms with van der Waals surface area (Å²) in [6.07, 6.45) is 8.02. The van der Waals surface area contributed by atoms with Gasteiger partial charge in [-0.15, -0.1) is 0 Å². The molecule has 1 fully saturated rings. The van der Waals surface area contributed by atoms with Crippen molar-refractivity contribution in [3.63, 3.8) is 0 Å². The maximum Gasteiger partial charge on any atom is 0.122 e. The van der Waals surface area contributed by atoms with E-state index in [0.29, 0.717) is 11.8 Å². The minimum absolute atomic E-state index is 0.453. The highest BCUT2D eigenvalue weighted by Crippen LogP contribution is 2.28. The first-order chi connectivity index (χ1) is 9.20. The second-order valence-corrected chi connectivity index (χ2v) is 5.97. The first-order valence-corrected chi connectivity index (χ1v) is 7.71. The van der Waals surface area contributed by atoms with Crippen molar-refractivity contribution in [2.24, 2.45) is 5.92 Å². The third-order valence-corrected chi connectivity index (χ3v) is 4.45. The largest absolute Gasteiger partial charge is 0.507 e. The summed E-state index contributed by atoms with van der Waals surface area (Å²) in [4.78, 5) is 0. The number of hydrogen-bond acceptors (Lipinski definition) is 2. The molecule has 1 aromatic carbocycles. The molecule has 19 heavy (non-hydrogen) atoms. The molecule has 0 amide bonds. The van der Waals surface area contributed by atoms with Crippen molar-refractivity contribution in [3.05, 3.63) is 29.3 Å². The summed E-state index contributed by atoms with van der Waals surface area (Å²) < 4.78 is 0. The number of rotatable bonds is 5. The van der Waals surface area contributed by atoms with Crippen LogP contribution in [-0.4, -0.2) is 11.1 Å². The zero-order valence-electron chi connectivity index (χ0n) is 12.3. The lowest BCUT2D eigenvalue weighted by Gasteiger charge is -2.29. The van der Waals surface area contributed by atoms with Crippen LogP contribution in [0.15, 0.2) is 18.2 Å². The molecule has 2 rings (SSSR count). The number of aromatic hydroxyl groups is 1. The van der Waals surface area contributed by atoms with E-state index in [1.807, 2.05) is 25.1 Å². The molecule has 1 aromatic rings. The second kappa shape index (κ2) is 6.95. The van der Waals surface area contributed by atoms with Gasteiger partial charge in [0.15, 0.2) is 0 Å². The summed E-state index contributed by atoms with van der Waals surface area (Å²) in [5.74, 6) is 1.41. The van der Waals surface area contributed by atoms with Crippen molar-refractivity contribution in [2.75, 3.05) is 0 Å². The third-order valence-electron chi connectivity index (χ3n) is 4.45. The summed E-state index contributed by atoms with van der Waals surface area (Å²) in [7, 11) is 0. The van der Waals surface area contributed by atoms with Crippen molar-refractivity contribution >= 4 is 0 Å². The van der Waals surface area contributed by atoms with Gasteiger partial charge in [0, 0.05) is 18.2 Å². The van der Waals surface area contributed by atoms with Crippen molar-refractivity contribution in [3.8, 4) is 5.75 Å². The first kappa shape index (κ1) is 14.4. The maximum absolute atomic E-state index is 10.00. The average Bonchev–Trinajstić information content (AvgIpc) is 2.42. The summed E-state index contributed by atoms with van der Waals surface area (Å²) in [6.45, 7) is 5.02. The SMILES string of the molecule is CCCC1CCC(NCc2cccc(C)c2O)CC1. The molecule has 2 heteroatoms. The molecule has 0 aromatic heterocycles. The Bertz CT molecular complexity index is 394. The van der Waals surface area contributed by atoms with Crippen LogP contribution in [0.2, 0.25) is 0 Å². The van der Waals surface area contributed by atoms with E-state index in [0.717, 1.165) is 23.6 Å². The number of para-hydroxylation sites is 1. The Hall–Kier alpha value is -1.02. The monoisotopic (exact) mass is 261 g/mol. The summed E-state index contributed by atoms with van der Waals surface area (Å²) in [6, 6.07) is 6.62. The van der Waals surface area contributed by atoms with Gasteiger partial charge in [-0.25, -0.2) is 0 Å². The summed E-state index contributed by atoms with van der Waals surface area (Å²) >= 11 is 0. The van der Waals surface area contributed by atoms with Crippen LogP contribution in [0.1, 0.15) is 56.6 Å². The molecule has 2 nitrogen and oxygen atoms in total. The van der Waals surface area contributed by atoms with E-state index in [1.54, 1.807) is 0 Å². The fourth-order valence-corrected chi connectivity index (χ4v) is 3.18. The fraction of sp³-hybridized carbons (Fsp3) is 0.647. The molecule has 1 aliphatic carbocycles. The molecule has 0 aliphatic heterocycles. The smallest absolute Gasteiger partial charge is 0.122 e. The predicted octanol–water partition coefficient (Wildman–Crippen LogP) is 4.15. The van der Waals surface area contributed by atoms with Gasteiger partial charge in [0.1, 0.15) is 5.75 Å². The first-order valence-electron chi connectivity index (χ1n) is 7.71. The number of aryl methyl sites for hydroxylation is 1. The van der Waals surface area contributed by atoms with E-state index in [1.165, 1.54) is 38.5 Å². The quantitative estimate of drug-likeness (QED) is 0.834. The van der Waals surface area contributed by atoms with Gasteiger partial charge in [-0.05, 0) is 44.1 Å². The van der Waals surface area contributed by atoms with Gasteiger partial charge in [0.25, 0.3) is 0 Å². The van der Waals surface area contributed by atoms with Crippen LogP contribution >= 0.6 is 0 Å². The van der Waals surface area contributed by atoms with Crippen LogP contribution in [0.4, 0.5) is 0 Å². The average molecular weight is 261 g/mol. The molecule has 0 unspecified atom stereocenters. The van der Waals surface area contributed by atoms with Crippen molar-refractivity contribution < 1.29 is 5.11 Å². The van der Waals surface area contributed by atoms with Gasteiger partial charge in [-0.1, -0.05) is 38.0 Å². The van der Waals surface area contributed by atoms with Crippen LogP contribution in [0.25, 0.3) is 0 Å². The minimum atomic E-state index is 0.453. The van der Waals surface area contributed by atoms with Crippen molar-refractivity contribution in [2.45, 2.75) is 65.0 Å². The fourth-order valence-electron chi connectivity index (χ4n) is 3.18. The lowest BCUT2D eigenvalue weighted by atomic mass is 9.83. The molecule has 2 N–H and O–H groups in total. The van der Waals surface area contributed by atoms with Gasteiger partial charge >= 0.3 is 0 Å². The molecule has 0 saturated heterocycles. The molecule has 0 spiro atoms. The highest BCUT2D eigenvalue weighted by atomic mass is 16.3. The third kappa shape index (κ3) is 3.97. The molecule has 0 radical (unpaired) electrons. The molecular formula is C17H27NO. The highest BCUT2D eigenvalue weighted by molar-refractivity contribution is 5.39. The lowest BCUT2D eigenvalue weighted by molar-refractivity contribution is 0.277. The standard InChI is InChI=1S/C17H27NO/c1-3-5-14-8-10-16(11-9-14)18-12-15-7-4-6-13(2)17(15)19/h4,6-7,14,16,18-19H,3,5,8-12H2,1-2H3. The number of phenolic OH excluding ortho intramolecular Hbond substituents is 1. The number of hydrogen-bond donors (Lipinski definition) is 2. The van der Waals surface area contributed by atoms with Gasteiger partial charge in [-0.3, -0.25) is 0 Å². The van der Waals surface area contributed by atoms with E-state index in [-0.39, 0.29) is 0 Å². The van der Waals surface area contributed by atoms with Gasteiger partial charge in [0.05, 0.1) is 0 Å². The normalized spacial score (nSPS) is 23.5. The van der Waals surface area contributed by atoms with Gasteiger partial charge in [-0.2, -0.15) is 0 Å². The molecule has 1 saturated carbocycles. The molecule has 106 valence electrons. The Kier molecular flexibility index (Phi) is 5.26. The van der Waals surface area contributed by atoms with Crippen molar-refractivity contribution in [1.29, 1.82) is 0 Å². The molecule has 0 atom stereocenters. The Labute approximate surface area is 117 Å². The summed E-state index contributed by atoms with van der Waals surface area (Å²) in [5, 5.41) is 13.6. The Morgan fingerprint density at radius 1 is 1.21 bits per heavy atom. The second-order valence-electron chi connectivity index (χ2n) is 5.97. The van der Waals surface area contributed by atoms with Crippen molar-refractivity contribution in [1.82, 2.24) is 5.32 Å². The van der Waals surface area contributed by atoms with Crippen LogP contribution in [0.3, 0.4) is 0 Å². The lowest BCUT2D eigenvalue weighted by Crippen LogP contribution is -2.32. The van der Waals surface area contributed by atoms with Crippen LogP contribution in [0, 0.1) is 12.8 Å². The predicted molar refractivity (Wildman–Crippen MR) is 80.3 cm³/mol.